The summed E-state index contributed by atoms with van der Waals surface area (Å²) in [5, 5.41) is 9.76. The molecule has 0 heterocycles. The number of likely N-dealkylation sites (N-methyl/N-ethyl adjacent to an activating group) is 1. The smallest absolute Gasteiger partial charge is 0.361 e. The molecule has 0 aliphatic rings. The molecule has 0 radical (unpaired) electrons. The van der Waals surface area contributed by atoms with E-state index in [1.165, 1.54) is 257 Å². The number of aliphatic carboxylic acids is 1. The van der Waals surface area contributed by atoms with Crippen LogP contribution in [0.25, 0.3) is 0 Å². The molecule has 0 amide bonds. The lowest BCUT2D eigenvalue weighted by Crippen LogP contribution is -2.40. The average Bonchev–Trinajstić information content (AvgIpc) is 3.70. The zero-order valence-electron chi connectivity index (χ0n) is 59.3. The highest BCUT2D eigenvalue weighted by Gasteiger charge is 2.25. The van der Waals surface area contributed by atoms with Gasteiger partial charge in [0.15, 0.2) is 6.10 Å². The quantitative estimate of drug-likeness (QED) is 0.0211. The first-order valence-electron chi connectivity index (χ1n) is 38.1. The molecule has 2 unspecified atom stereocenters. The van der Waals surface area contributed by atoms with Crippen LogP contribution in [0.2, 0.25) is 0 Å². The Balaban J connectivity index is 4.02. The largest absolute Gasteiger partial charge is 0.477 e. The number of carboxylic acids is 1. The number of quaternary nitrogens is 1. The molecule has 0 fully saturated rings. The monoisotopic (exact) mass is 1250 g/mol. The summed E-state index contributed by atoms with van der Waals surface area (Å²) in [7, 11) is 5.99. The fourth-order valence-electron chi connectivity index (χ4n) is 11.2. The van der Waals surface area contributed by atoms with Crippen molar-refractivity contribution in [2.45, 2.75) is 373 Å². The molecule has 0 aromatic carbocycles. The number of carboxylic acid groups (broad SMARTS) is 1. The van der Waals surface area contributed by atoms with Crippen LogP contribution in [0.5, 0.6) is 0 Å². The van der Waals surface area contributed by atoms with E-state index < -0.39 is 18.4 Å². The van der Waals surface area contributed by atoms with E-state index in [4.69, 9.17) is 18.9 Å². The molecule has 89 heavy (non-hydrogen) atoms. The second-order valence-corrected chi connectivity index (χ2v) is 26.9. The standard InChI is InChI=1S/C80H145NO8/c1-6-8-10-12-14-16-18-20-22-24-26-28-30-32-34-35-36-37-38-39-40-41-42-43-45-47-49-51-53-55-57-59-61-63-65-67-69-71-78(83)89-76(75-88-80(79(84)85)86-73-72-81(3,4)5)74-87-77(82)70-68-66-64-62-60-58-56-54-52-50-48-46-44-33-31-29-27-25-23-21-19-17-15-13-11-9-7-2/h8,10,14,16,20,22,26,28,32,34,36-37,76,80H,6-7,9,11-13,15,17-19,21,23-25,27,29-31,33,35,38-75H2,1-5H3/p+1/b10-8-,16-14-,22-20-,28-26-,34-32-,37-36-. The summed E-state index contributed by atoms with van der Waals surface area (Å²) in [6.45, 7) is 4.83. The molecule has 0 spiro atoms. The molecule has 0 aromatic heterocycles. The number of carbonyl (C=O) groups excluding carboxylic acids is 2. The van der Waals surface area contributed by atoms with Gasteiger partial charge in [0.2, 0.25) is 0 Å². The first kappa shape index (κ1) is 85.7. The molecule has 0 saturated carbocycles. The fourth-order valence-corrected chi connectivity index (χ4v) is 11.2. The third kappa shape index (κ3) is 72.0. The van der Waals surface area contributed by atoms with Crippen molar-refractivity contribution in [1.29, 1.82) is 0 Å². The molecule has 0 bridgehead atoms. The Kier molecular flexibility index (Phi) is 68.0. The van der Waals surface area contributed by atoms with Crippen molar-refractivity contribution in [2.75, 3.05) is 47.5 Å². The van der Waals surface area contributed by atoms with Gasteiger partial charge < -0.3 is 28.5 Å². The summed E-state index contributed by atoms with van der Waals surface area (Å²) in [6, 6.07) is 0. The maximum atomic E-state index is 13.0. The van der Waals surface area contributed by atoms with E-state index in [1.54, 1.807) is 0 Å². The van der Waals surface area contributed by atoms with E-state index in [0.29, 0.717) is 17.4 Å². The Bertz CT molecular complexity index is 1690. The molecule has 0 saturated heterocycles. The molecular weight excluding hydrogens is 1100 g/mol. The van der Waals surface area contributed by atoms with Gasteiger partial charge in [0.1, 0.15) is 13.2 Å². The lowest BCUT2D eigenvalue weighted by atomic mass is 10.0. The number of carbonyl (C=O) groups is 3. The first-order chi connectivity index (χ1) is 43.6. The van der Waals surface area contributed by atoms with Gasteiger partial charge in [0.25, 0.3) is 6.29 Å². The van der Waals surface area contributed by atoms with Crippen molar-refractivity contribution in [1.82, 2.24) is 0 Å². The highest BCUT2D eigenvalue weighted by atomic mass is 16.7. The number of nitrogens with zero attached hydrogens (tertiary/aromatic N) is 1. The molecule has 9 heteroatoms. The number of esters is 2. The van der Waals surface area contributed by atoms with Crippen LogP contribution < -0.4 is 0 Å². The Labute approximate surface area is 551 Å². The zero-order chi connectivity index (χ0) is 64.7. The number of rotatable bonds is 71. The Morgan fingerprint density at radius 3 is 0.955 bits per heavy atom. The fraction of sp³-hybridized carbons (Fsp3) is 0.812. The van der Waals surface area contributed by atoms with Crippen LogP contribution in [-0.4, -0.2) is 87.4 Å². The third-order valence-electron chi connectivity index (χ3n) is 17.0. The molecule has 1 N–H and O–H groups in total. The molecule has 0 aliphatic carbocycles. The van der Waals surface area contributed by atoms with Crippen LogP contribution in [0.4, 0.5) is 0 Å². The van der Waals surface area contributed by atoms with Crippen molar-refractivity contribution in [3.05, 3.63) is 72.9 Å². The van der Waals surface area contributed by atoms with Gasteiger partial charge in [-0.2, -0.15) is 0 Å². The molecule has 0 rings (SSSR count). The van der Waals surface area contributed by atoms with Gasteiger partial charge >= 0.3 is 17.9 Å². The van der Waals surface area contributed by atoms with Crippen LogP contribution in [-0.2, 0) is 33.3 Å². The van der Waals surface area contributed by atoms with Crippen LogP contribution in [0, 0.1) is 0 Å². The zero-order valence-corrected chi connectivity index (χ0v) is 59.3. The SMILES string of the molecule is CC/C=C\C/C=C\C/C=C\C/C=C\C/C=C\C/C=C\CCCCCCCCCCCCCCCCCCCCC(=O)OC(COC(=O)CCCCCCCCCCCCCCCCCCCCCCCCCCCCC)COC(OCC[N+](C)(C)C)C(=O)O. The van der Waals surface area contributed by atoms with Gasteiger partial charge in [-0.05, 0) is 64.2 Å². The van der Waals surface area contributed by atoms with Crippen molar-refractivity contribution in [3.8, 4) is 0 Å². The number of unbranched alkanes of at least 4 members (excludes halogenated alkanes) is 44. The van der Waals surface area contributed by atoms with E-state index in [-0.39, 0.29) is 38.2 Å². The predicted octanol–water partition coefficient (Wildman–Crippen LogP) is 24.0. The van der Waals surface area contributed by atoms with Crippen molar-refractivity contribution < 1.29 is 42.9 Å². The van der Waals surface area contributed by atoms with Crippen LogP contribution >= 0.6 is 0 Å². The summed E-state index contributed by atoms with van der Waals surface area (Å²) in [5.41, 5.74) is 0. The lowest BCUT2D eigenvalue weighted by molar-refractivity contribution is -0.870. The van der Waals surface area contributed by atoms with Gasteiger partial charge in [-0.1, -0.05) is 356 Å². The number of ether oxygens (including phenoxy) is 4. The normalized spacial score (nSPS) is 13.0. The van der Waals surface area contributed by atoms with E-state index >= 15 is 0 Å². The third-order valence-corrected chi connectivity index (χ3v) is 17.0. The van der Waals surface area contributed by atoms with Gasteiger partial charge in [0, 0.05) is 12.8 Å². The summed E-state index contributed by atoms with van der Waals surface area (Å²) in [6.07, 6.45) is 91.8. The average molecular weight is 1250 g/mol. The highest BCUT2D eigenvalue weighted by molar-refractivity contribution is 5.71. The molecule has 0 aliphatic heterocycles. The summed E-state index contributed by atoms with van der Waals surface area (Å²) < 4.78 is 23.0. The minimum atomic E-state index is -1.51. The van der Waals surface area contributed by atoms with Crippen LogP contribution in [0.1, 0.15) is 361 Å². The van der Waals surface area contributed by atoms with E-state index in [0.717, 1.165) is 77.0 Å². The Morgan fingerprint density at radius 2 is 0.640 bits per heavy atom. The van der Waals surface area contributed by atoms with Gasteiger partial charge in [0.05, 0.1) is 34.4 Å². The van der Waals surface area contributed by atoms with E-state index in [2.05, 4.69) is 86.8 Å². The molecule has 2 atom stereocenters. The predicted molar refractivity (Wildman–Crippen MR) is 383 cm³/mol. The van der Waals surface area contributed by atoms with Crippen molar-refractivity contribution in [3.63, 3.8) is 0 Å². The van der Waals surface area contributed by atoms with Crippen molar-refractivity contribution >= 4 is 17.9 Å². The molecule has 0 aromatic rings. The topological polar surface area (TPSA) is 108 Å². The van der Waals surface area contributed by atoms with Gasteiger partial charge in [-0.25, -0.2) is 4.79 Å². The number of hydrogen-bond donors (Lipinski definition) is 1. The second-order valence-electron chi connectivity index (χ2n) is 26.9. The summed E-state index contributed by atoms with van der Waals surface area (Å²) in [4.78, 5) is 37.7. The second kappa shape index (κ2) is 70.6. The Morgan fingerprint density at radius 1 is 0.348 bits per heavy atom. The Hall–Kier alpha value is -3.27. The van der Waals surface area contributed by atoms with E-state index in [1.807, 2.05) is 21.1 Å². The van der Waals surface area contributed by atoms with Gasteiger partial charge in [-0.15, -0.1) is 0 Å². The first-order valence-corrected chi connectivity index (χ1v) is 38.1. The number of allylic oxidation sites excluding steroid dienone is 12. The highest BCUT2D eigenvalue weighted by Crippen LogP contribution is 2.19. The molecule has 9 nitrogen and oxygen atoms in total. The molecule has 518 valence electrons. The molecular formula is C80H146NO8+. The maximum Gasteiger partial charge on any atom is 0.361 e. The number of hydrogen-bond acceptors (Lipinski definition) is 7. The summed E-state index contributed by atoms with van der Waals surface area (Å²) in [5.74, 6) is -1.98. The summed E-state index contributed by atoms with van der Waals surface area (Å²) >= 11 is 0. The van der Waals surface area contributed by atoms with Crippen molar-refractivity contribution in [2.24, 2.45) is 0 Å². The minimum Gasteiger partial charge on any atom is -0.477 e. The maximum absolute atomic E-state index is 13.0. The minimum absolute atomic E-state index is 0.178. The van der Waals surface area contributed by atoms with Gasteiger partial charge in [-0.3, -0.25) is 9.59 Å². The lowest BCUT2D eigenvalue weighted by Gasteiger charge is -2.25. The van der Waals surface area contributed by atoms with E-state index in [9.17, 15) is 19.5 Å². The van der Waals surface area contributed by atoms with Crippen LogP contribution in [0.15, 0.2) is 72.9 Å². The van der Waals surface area contributed by atoms with Crippen LogP contribution in [0.3, 0.4) is 0 Å².